The fourth-order valence-electron chi connectivity index (χ4n) is 1.49. The van der Waals surface area contributed by atoms with Crippen LogP contribution < -0.4 is 11.1 Å². The van der Waals surface area contributed by atoms with Crippen LogP contribution in [-0.2, 0) is 0 Å². The molecular formula is C11H14N2S. The summed E-state index contributed by atoms with van der Waals surface area (Å²) in [6.07, 6.45) is 2.58. The second kappa shape index (κ2) is 3.58. The number of hydrogen-bond acceptors (Lipinski definition) is 2. The van der Waals surface area contributed by atoms with Gasteiger partial charge in [-0.25, -0.2) is 0 Å². The van der Waals surface area contributed by atoms with Crippen LogP contribution in [0.5, 0.6) is 0 Å². The Hall–Kier alpha value is -1.09. The lowest BCUT2D eigenvalue weighted by molar-refractivity contribution is 1.15. The molecule has 0 aromatic heterocycles. The van der Waals surface area contributed by atoms with E-state index in [0.717, 1.165) is 11.1 Å². The minimum Gasteiger partial charge on any atom is -0.389 e. The molecular weight excluding hydrogens is 192 g/mol. The van der Waals surface area contributed by atoms with E-state index in [9.17, 15) is 0 Å². The van der Waals surface area contributed by atoms with Crippen LogP contribution in [-0.4, -0.2) is 11.0 Å². The lowest BCUT2D eigenvalue weighted by Gasteiger charge is -2.08. The van der Waals surface area contributed by atoms with Gasteiger partial charge in [0.25, 0.3) is 0 Å². The Morgan fingerprint density at radius 2 is 2.21 bits per heavy atom. The van der Waals surface area contributed by atoms with Gasteiger partial charge in [-0.15, -0.1) is 0 Å². The van der Waals surface area contributed by atoms with Crippen molar-refractivity contribution in [2.45, 2.75) is 25.8 Å². The van der Waals surface area contributed by atoms with E-state index in [1.54, 1.807) is 0 Å². The highest BCUT2D eigenvalue weighted by molar-refractivity contribution is 7.80. The van der Waals surface area contributed by atoms with E-state index in [1.165, 1.54) is 18.5 Å². The van der Waals surface area contributed by atoms with Crippen molar-refractivity contribution in [2.24, 2.45) is 5.73 Å². The highest BCUT2D eigenvalue weighted by Gasteiger charge is 2.20. The Morgan fingerprint density at radius 3 is 2.71 bits per heavy atom. The zero-order chi connectivity index (χ0) is 10.1. The van der Waals surface area contributed by atoms with Gasteiger partial charge in [-0.05, 0) is 43.5 Å². The highest BCUT2D eigenvalue weighted by atomic mass is 32.1. The van der Waals surface area contributed by atoms with Crippen molar-refractivity contribution in [1.29, 1.82) is 0 Å². The zero-order valence-corrected chi connectivity index (χ0v) is 9.03. The molecule has 3 heteroatoms. The molecule has 0 spiro atoms. The second-order valence-electron chi connectivity index (χ2n) is 3.81. The fraction of sp³-hybridized carbons (Fsp3) is 0.364. The molecule has 74 valence electrons. The SMILES string of the molecule is Cc1cc(NC2CC2)ccc1C(N)=S. The Morgan fingerprint density at radius 1 is 1.50 bits per heavy atom. The van der Waals surface area contributed by atoms with Crippen LogP contribution in [0.3, 0.4) is 0 Å². The lowest BCUT2D eigenvalue weighted by atomic mass is 10.1. The normalized spacial score (nSPS) is 15.2. The van der Waals surface area contributed by atoms with E-state index in [-0.39, 0.29) is 0 Å². The molecule has 1 fully saturated rings. The summed E-state index contributed by atoms with van der Waals surface area (Å²) in [4.78, 5) is 0.473. The number of anilines is 1. The predicted octanol–water partition coefficient (Wildman–Crippen LogP) is 2.20. The molecule has 1 aromatic rings. The van der Waals surface area contributed by atoms with Crippen LogP contribution in [0.2, 0.25) is 0 Å². The van der Waals surface area contributed by atoms with Crippen molar-refractivity contribution in [3.8, 4) is 0 Å². The molecule has 1 aromatic carbocycles. The summed E-state index contributed by atoms with van der Waals surface area (Å²) >= 11 is 4.95. The molecule has 14 heavy (non-hydrogen) atoms. The minimum absolute atomic E-state index is 0.473. The Labute approximate surface area is 89.5 Å². The first-order valence-corrected chi connectivity index (χ1v) is 5.24. The Bertz CT molecular complexity index is 370. The summed E-state index contributed by atoms with van der Waals surface area (Å²) in [6, 6.07) is 6.82. The van der Waals surface area contributed by atoms with E-state index in [1.807, 2.05) is 19.1 Å². The van der Waals surface area contributed by atoms with Crippen molar-refractivity contribution in [3.05, 3.63) is 29.3 Å². The van der Waals surface area contributed by atoms with Crippen LogP contribution in [0.4, 0.5) is 5.69 Å². The Balaban J connectivity index is 2.20. The summed E-state index contributed by atoms with van der Waals surface area (Å²) in [5.74, 6) is 0. The average Bonchev–Trinajstić information content (AvgIpc) is 2.87. The molecule has 3 N–H and O–H groups in total. The molecule has 0 radical (unpaired) electrons. The summed E-state index contributed by atoms with van der Waals surface area (Å²) in [5.41, 5.74) is 8.88. The maximum atomic E-state index is 5.59. The molecule has 2 nitrogen and oxygen atoms in total. The average molecular weight is 206 g/mol. The first-order valence-electron chi connectivity index (χ1n) is 4.84. The Kier molecular flexibility index (Phi) is 2.42. The topological polar surface area (TPSA) is 38.0 Å². The maximum absolute atomic E-state index is 5.59. The minimum atomic E-state index is 0.473. The molecule has 0 aliphatic heterocycles. The van der Waals surface area contributed by atoms with Gasteiger partial charge < -0.3 is 11.1 Å². The number of aryl methyl sites for hydroxylation is 1. The van der Waals surface area contributed by atoms with Gasteiger partial charge in [-0.2, -0.15) is 0 Å². The van der Waals surface area contributed by atoms with E-state index >= 15 is 0 Å². The quantitative estimate of drug-likeness (QED) is 0.745. The lowest BCUT2D eigenvalue weighted by Crippen LogP contribution is -2.11. The van der Waals surface area contributed by atoms with Crippen LogP contribution in [0.25, 0.3) is 0 Å². The molecule has 0 atom stereocenters. The summed E-state index contributed by atoms with van der Waals surface area (Å²) in [7, 11) is 0. The van der Waals surface area contributed by atoms with Gasteiger partial charge in [0, 0.05) is 17.3 Å². The van der Waals surface area contributed by atoms with Gasteiger partial charge >= 0.3 is 0 Å². The van der Waals surface area contributed by atoms with E-state index in [0.29, 0.717) is 11.0 Å². The van der Waals surface area contributed by atoms with E-state index in [2.05, 4.69) is 11.4 Å². The maximum Gasteiger partial charge on any atom is 0.104 e. The first-order chi connectivity index (χ1) is 6.66. The van der Waals surface area contributed by atoms with Crippen LogP contribution in [0, 0.1) is 6.92 Å². The third-order valence-corrected chi connectivity index (χ3v) is 2.66. The van der Waals surface area contributed by atoms with Crippen molar-refractivity contribution in [2.75, 3.05) is 5.32 Å². The van der Waals surface area contributed by atoms with Crippen molar-refractivity contribution in [1.82, 2.24) is 0 Å². The third kappa shape index (κ3) is 2.04. The van der Waals surface area contributed by atoms with Gasteiger partial charge in [-0.3, -0.25) is 0 Å². The largest absolute Gasteiger partial charge is 0.389 e. The number of nitrogens with two attached hydrogens (primary N) is 1. The smallest absolute Gasteiger partial charge is 0.104 e. The molecule has 1 aliphatic carbocycles. The van der Waals surface area contributed by atoms with Gasteiger partial charge in [0.2, 0.25) is 0 Å². The molecule has 0 saturated heterocycles. The molecule has 0 amide bonds. The van der Waals surface area contributed by atoms with Crippen LogP contribution in [0.1, 0.15) is 24.0 Å². The van der Waals surface area contributed by atoms with Gasteiger partial charge in [0.05, 0.1) is 0 Å². The van der Waals surface area contributed by atoms with Crippen LogP contribution in [0.15, 0.2) is 18.2 Å². The number of rotatable bonds is 3. The number of nitrogens with one attached hydrogen (secondary N) is 1. The summed E-state index contributed by atoms with van der Waals surface area (Å²) in [5, 5.41) is 3.44. The standard InChI is InChI=1S/C11H14N2S/c1-7-6-9(13-8-2-3-8)4-5-10(7)11(12)14/h4-6,8,13H,2-3H2,1H3,(H2,12,14). The molecule has 1 saturated carbocycles. The van der Waals surface area contributed by atoms with Crippen molar-refractivity contribution < 1.29 is 0 Å². The molecule has 2 rings (SSSR count). The fourth-order valence-corrected chi connectivity index (χ4v) is 1.72. The summed E-state index contributed by atoms with van der Waals surface area (Å²) in [6.45, 7) is 2.03. The summed E-state index contributed by atoms with van der Waals surface area (Å²) < 4.78 is 0. The molecule has 1 aliphatic rings. The van der Waals surface area contributed by atoms with E-state index in [4.69, 9.17) is 18.0 Å². The van der Waals surface area contributed by atoms with Gasteiger partial charge in [0.15, 0.2) is 0 Å². The highest BCUT2D eigenvalue weighted by Crippen LogP contribution is 2.25. The zero-order valence-electron chi connectivity index (χ0n) is 8.21. The van der Waals surface area contributed by atoms with Crippen molar-refractivity contribution >= 4 is 22.9 Å². The first kappa shape index (κ1) is 9.46. The van der Waals surface area contributed by atoms with Crippen LogP contribution >= 0.6 is 12.2 Å². The molecule has 0 heterocycles. The van der Waals surface area contributed by atoms with Crippen molar-refractivity contribution in [3.63, 3.8) is 0 Å². The molecule has 0 unspecified atom stereocenters. The number of hydrogen-bond donors (Lipinski definition) is 2. The number of benzene rings is 1. The second-order valence-corrected chi connectivity index (χ2v) is 4.25. The van der Waals surface area contributed by atoms with Gasteiger partial charge in [-0.1, -0.05) is 12.2 Å². The third-order valence-electron chi connectivity index (χ3n) is 2.44. The predicted molar refractivity (Wildman–Crippen MR) is 63.7 cm³/mol. The van der Waals surface area contributed by atoms with E-state index < -0.39 is 0 Å². The number of thiocarbonyl (C=S) groups is 1. The van der Waals surface area contributed by atoms with Gasteiger partial charge in [0.1, 0.15) is 4.99 Å². The molecule has 0 bridgehead atoms. The monoisotopic (exact) mass is 206 g/mol.